The minimum Gasteiger partial charge on any atom is -0.497 e. The summed E-state index contributed by atoms with van der Waals surface area (Å²) in [6.07, 6.45) is 0. The third-order valence-electron chi connectivity index (χ3n) is 3.74. The van der Waals surface area contributed by atoms with Crippen molar-refractivity contribution in [3.8, 4) is 11.5 Å². The van der Waals surface area contributed by atoms with Gasteiger partial charge in [0.05, 0.1) is 24.7 Å². The lowest BCUT2D eigenvalue weighted by Gasteiger charge is -2.09. The number of aromatic nitrogens is 2. The van der Waals surface area contributed by atoms with Crippen LogP contribution in [0.2, 0.25) is 0 Å². The van der Waals surface area contributed by atoms with E-state index in [0.29, 0.717) is 29.9 Å². The van der Waals surface area contributed by atoms with Crippen LogP contribution in [-0.2, 0) is 11.3 Å². The van der Waals surface area contributed by atoms with Gasteiger partial charge in [0.2, 0.25) is 5.91 Å². The molecule has 0 spiro atoms. The van der Waals surface area contributed by atoms with Gasteiger partial charge in [0.25, 0.3) is 0 Å². The number of hydrogen-bond acceptors (Lipinski definition) is 4. The van der Waals surface area contributed by atoms with Crippen LogP contribution in [0, 0.1) is 0 Å². The summed E-state index contributed by atoms with van der Waals surface area (Å²) in [6.45, 7) is 0.647. The van der Waals surface area contributed by atoms with Crippen LogP contribution in [0.25, 0.3) is 11.0 Å². The molecule has 0 aliphatic carbocycles. The fraction of sp³-hybridized carbons (Fsp3) is 0.222. The Morgan fingerprint density at radius 3 is 2.60 bits per heavy atom. The molecule has 25 heavy (non-hydrogen) atoms. The Bertz CT molecular complexity index is 912. The number of H-pyrrole nitrogens is 1. The summed E-state index contributed by atoms with van der Waals surface area (Å²) in [5.41, 5.74) is 1.12. The molecule has 7 nitrogen and oxygen atoms in total. The molecule has 0 aliphatic heterocycles. The van der Waals surface area contributed by atoms with Gasteiger partial charge in [-0.1, -0.05) is 12.1 Å². The van der Waals surface area contributed by atoms with Crippen LogP contribution in [0.3, 0.4) is 0 Å². The maximum atomic E-state index is 12.0. The van der Waals surface area contributed by atoms with Crippen LogP contribution >= 0.6 is 0 Å². The maximum Gasteiger partial charge on any atom is 0.326 e. The summed E-state index contributed by atoms with van der Waals surface area (Å²) in [7, 11) is 1.60. The highest BCUT2D eigenvalue weighted by atomic mass is 16.5. The fourth-order valence-electron chi connectivity index (χ4n) is 2.49. The molecule has 0 saturated carbocycles. The highest BCUT2D eigenvalue weighted by Gasteiger charge is 2.09. The number of benzene rings is 2. The Balaban J connectivity index is 1.49. The number of rotatable bonds is 7. The molecule has 3 rings (SSSR count). The second-order valence-corrected chi connectivity index (χ2v) is 5.41. The summed E-state index contributed by atoms with van der Waals surface area (Å²) < 4.78 is 12.0. The standard InChI is InChI=1S/C18H19N3O4/c1-24-13-6-8-14(9-7-13)25-11-10-19-17(22)12-21-16-5-3-2-4-15(16)20-18(21)23/h2-9H,10-12H2,1H3,(H,19,22)(H,20,23). The lowest BCUT2D eigenvalue weighted by molar-refractivity contribution is -0.121. The van der Waals surface area contributed by atoms with Crippen molar-refractivity contribution >= 4 is 16.9 Å². The molecular formula is C18H19N3O4. The Morgan fingerprint density at radius 2 is 1.84 bits per heavy atom. The van der Waals surface area contributed by atoms with Crippen LogP contribution in [0.5, 0.6) is 11.5 Å². The van der Waals surface area contributed by atoms with E-state index in [9.17, 15) is 9.59 Å². The van der Waals surface area contributed by atoms with Crippen molar-refractivity contribution in [2.45, 2.75) is 6.54 Å². The number of amides is 1. The summed E-state index contributed by atoms with van der Waals surface area (Å²) >= 11 is 0. The topological polar surface area (TPSA) is 85.3 Å². The number of imidazole rings is 1. The molecule has 0 aliphatic rings. The van der Waals surface area contributed by atoms with E-state index in [-0.39, 0.29) is 18.1 Å². The lowest BCUT2D eigenvalue weighted by Crippen LogP contribution is -2.33. The van der Waals surface area contributed by atoms with Gasteiger partial charge in [-0.05, 0) is 36.4 Å². The van der Waals surface area contributed by atoms with Crippen LogP contribution in [0.4, 0.5) is 0 Å². The summed E-state index contributed by atoms with van der Waals surface area (Å²) in [5, 5.41) is 2.74. The van der Waals surface area contributed by atoms with Gasteiger partial charge in [0, 0.05) is 0 Å². The molecule has 7 heteroatoms. The van der Waals surface area contributed by atoms with Crippen LogP contribution in [-0.4, -0.2) is 35.7 Å². The van der Waals surface area contributed by atoms with E-state index in [4.69, 9.17) is 9.47 Å². The largest absolute Gasteiger partial charge is 0.497 e. The van der Waals surface area contributed by atoms with E-state index in [0.717, 1.165) is 5.75 Å². The van der Waals surface area contributed by atoms with Gasteiger partial charge in [-0.15, -0.1) is 0 Å². The first-order chi connectivity index (χ1) is 12.2. The van der Waals surface area contributed by atoms with Crippen molar-refractivity contribution < 1.29 is 14.3 Å². The molecule has 0 radical (unpaired) electrons. The van der Waals surface area contributed by atoms with Gasteiger partial charge in [-0.3, -0.25) is 9.36 Å². The molecule has 2 N–H and O–H groups in total. The van der Waals surface area contributed by atoms with E-state index in [1.165, 1.54) is 4.57 Å². The predicted octanol–water partition coefficient (Wildman–Crippen LogP) is 1.53. The number of nitrogens with zero attached hydrogens (tertiary/aromatic N) is 1. The molecule has 1 heterocycles. The molecule has 3 aromatic rings. The van der Waals surface area contributed by atoms with Gasteiger partial charge >= 0.3 is 5.69 Å². The van der Waals surface area contributed by atoms with Crippen LogP contribution in [0.1, 0.15) is 0 Å². The highest BCUT2D eigenvalue weighted by Crippen LogP contribution is 2.16. The molecule has 1 amide bonds. The third kappa shape index (κ3) is 4.00. The smallest absolute Gasteiger partial charge is 0.326 e. The van der Waals surface area contributed by atoms with Crippen molar-refractivity contribution in [1.29, 1.82) is 0 Å². The van der Waals surface area contributed by atoms with Crippen molar-refractivity contribution in [1.82, 2.24) is 14.9 Å². The number of ether oxygens (including phenoxy) is 2. The van der Waals surface area contributed by atoms with Crippen molar-refractivity contribution in [3.63, 3.8) is 0 Å². The second-order valence-electron chi connectivity index (χ2n) is 5.41. The monoisotopic (exact) mass is 341 g/mol. The first-order valence-electron chi connectivity index (χ1n) is 7.88. The van der Waals surface area contributed by atoms with Gasteiger partial charge in [0.15, 0.2) is 0 Å². The SMILES string of the molecule is COc1ccc(OCCNC(=O)Cn2c(=O)[nH]c3ccccc32)cc1. The Kier molecular flexibility index (Phi) is 5.03. The molecule has 1 aromatic heterocycles. The van der Waals surface area contributed by atoms with Gasteiger partial charge < -0.3 is 19.8 Å². The quantitative estimate of drug-likeness (QED) is 0.638. The summed E-state index contributed by atoms with van der Waals surface area (Å²) in [4.78, 5) is 26.7. The van der Waals surface area contributed by atoms with Gasteiger partial charge in [-0.25, -0.2) is 4.79 Å². The zero-order valence-corrected chi connectivity index (χ0v) is 13.8. The number of fused-ring (bicyclic) bond motifs is 1. The average molecular weight is 341 g/mol. The van der Waals surface area contributed by atoms with Crippen LogP contribution < -0.4 is 20.5 Å². The Hall–Kier alpha value is -3.22. The normalized spacial score (nSPS) is 10.6. The molecule has 0 unspecified atom stereocenters. The van der Waals surface area contributed by atoms with Crippen LogP contribution in [0.15, 0.2) is 53.3 Å². The molecule has 0 saturated heterocycles. The zero-order valence-electron chi connectivity index (χ0n) is 13.8. The van der Waals surface area contributed by atoms with Gasteiger partial charge in [-0.2, -0.15) is 0 Å². The number of carbonyl (C=O) groups is 1. The zero-order chi connectivity index (χ0) is 17.6. The van der Waals surface area contributed by atoms with E-state index in [1.54, 1.807) is 43.5 Å². The molecule has 0 bridgehead atoms. The van der Waals surface area contributed by atoms with E-state index in [2.05, 4.69) is 10.3 Å². The number of para-hydroxylation sites is 2. The predicted molar refractivity (Wildman–Crippen MR) is 94.1 cm³/mol. The number of hydrogen-bond donors (Lipinski definition) is 2. The van der Waals surface area contributed by atoms with Crippen molar-refractivity contribution in [3.05, 3.63) is 59.0 Å². The molecule has 0 atom stereocenters. The number of methoxy groups -OCH3 is 1. The average Bonchev–Trinajstić information content (AvgIpc) is 2.95. The molecule has 0 fully saturated rings. The Morgan fingerprint density at radius 1 is 1.12 bits per heavy atom. The number of aromatic amines is 1. The molecule has 130 valence electrons. The number of carbonyl (C=O) groups excluding carboxylic acids is 1. The summed E-state index contributed by atoms with van der Waals surface area (Å²) in [6, 6.07) is 14.5. The molecular weight excluding hydrogens is 322 g/mol. The van der Waals surface area contributed by atoms with E-state index >= 15 is 0 Å². The maximum absolute atomic E-state index is 12.0. The highest BCUT2D eigenvalue weighted by molar-refractivity contribution is 5.80. The first kappa shape index (κ1) is 16.6. The minimum absolute atomic E-state index is 0.0363. The minimum atomic E-state index is -0.300. The first-order valence-corrected chi connectivity index (χ1v) is 7.88. The fourth-order valence-corrected chi connectivity index (χ4v) is 2.49. The summed E-state index contributed by atoms with van der Waals surface area (Å²) in [5.74, 6) is 1.21. The number of nitrogens with one attached hydrogen (secondary N) is 2. The van der Waals surface area contributed by atoms with E-state index < -0.39 is 0 Å². The van der Waals surface area contributed by atoms with Gasteiger partial charge in [0.1, 0.15) is 24.7 Å². The van der Waals surface area contributed by atoms with Crippen molar-refractivity contribution in [2.24, 2.45) is 0 Å². The third-order valence-corrected chi connectivity index (χ3v) is 3.74. The second kappa shape index (κ2) is 7.57. The Labute approximate surface area is 144 Å². The molecule has 2 aromatic carbocycles. The lowest BCUT2D eigenvalue weighted by atomic mass is 10.3. The van der Waals surface area contributed by atoms with Crippen molar-refractivity contribution in [2.75, 3.05) is 20.3 Å². The van der Waals surface area contributed by atoms with E-state index in [1.807, 2.05) is 12.1 Å².